The minimum atomic E-state index is 0.262. The molecule has 2 heterocycles. The quantitative estimate of drug-likeness (QED) is 0.635. The van der Waals surface area contributed by atoms with Crippen LogP contribution in [-0.2, 0) is 6.54 Å². The molecule has 1 aliphatic rings. The van der Waals surface area contributed by atoms with Crippen LogP contribution in [0.15, 0.2) is 42.7 Å². The van der Waals surface area contributed by atoms with Crippen molar-refractivity contribution in [1.82, 2.24) is 9.97 Å². The Morgan fingerprint density at radius 3 is 2.63 bits per heavy atom. The van der Waals surface area contributed by atoms with E-state index in [-0.39, 0.29) is 6.79 Å². The second-order valence-corrected chi connectivity index (χ2v) is 6.45. The van der Waals surface area contributed by atoms with Crippen LogP contribution in [0.2, 0.25) is 0 Å². The third kappa shape index (κ3) is 3.57. The molecule has 138 valence electrons. The number of nitrogens with two attached hydrogens (primary N) is 1. The molecule has 0 atom stereocenters. The van der Waals surface area contributed by atoms with Gasteiger partial charge in [-0.05, 0) is 54.8 Å². The molecule has 1 aliphatic heterocycles. The van der Waals surface area contributed by atoms with Gasteiger partial charge in [0.25, 0.3) is 0 Å². The van der Waals surface area contributed by atoms with Gasteiger partial charge in [0, 0.05) is 12.2 Å². The van der Waals surface area contributed by atoms with Crippen molar-refractivity contribution in [3.05, 3.63) is 59.4 Å². The molecule has 0 saturated heterocycles. The zero-order valence-corrected chi connectivity index (χ0v) is 15.2. The number of nitrogens with one attached hydrogen (secondary N) is 2. The minimum absolute atomic E-state index is 0.262. The summed E-state index contributed by atoms with van der Waals surface area (Å²) >= 11 is 0. The summed E-state index contributed by atoms with van der Waals surface area (Å²) in [4.78, 5) is 8.52. The normalized spacial score (nSPS) is 12.1. The van der Waals surface area contributed by atoms with E-state index < -0.39 is 0 Å². The smallest absolute Gasteiger partial charge is 0.231 e. The van der Waals surface area contributed by atoms with Gasteiger partial charge in [0.05, 0.1) is 0 Å². The number of ether oxygens (including phenoxy) is 2. The summed E-state index contributed by atoms with van der Waals surface area (Å²) in [5, 5.41) is 6.51. The summed E-state index contributed by atoms with van der Waals surface area (Å²) < 4.78 is 10.7. The maximum atomic E-state index is 6.26. The van der Waals surface area contributed by atoms with Crippen LogP contribution >= 0.6 is 0 Å². The Balaban J connectivity index is 1.49. The summed E-state index contributed by atoms with van der Waals surface area (Å²) in [6.45, 7) is 4.97. The highest BCUT2D eigenvalue weighted by molar-refractivity contribution is 5.77. The number of aryl methyl sites for hydroxylation is 2. The van der Waals surface area contributed by atoms with Crippen molar-refractivity contribution in [2.75, 3.05) is 23.2 Å². The van der Waals surface area contributed by atoms with Gasteiger partial charge in [-0.15, -0.1) is 0 Å². The number of hydrogen-bond acceptors (Lipinski definition) is 7. The highest BCUT2D eigenvalue weighted by atomic mass is 16.7. The fourth-order valence-corrected chi connectivity index (χ4v) is 2.83. The van der Waals surface area contributed by atoms with Crippen molar-refractivity contribution in [1.29, 1.82) is 0 Å². The molecular formula is C20H21N5O2. The Kier molecular flexibility index (Phi) is 4.42. The predicted molar refractivity (Wildman–Crippen MR) is 106 cm³/mol. The molecule has 0 aliphatic carbocycles. The van der Waals surface area contributed by atoms with Crippen LogP contribution < -0.4 is 25.8 Å². The van der Waals surface area contributed by atoms with Crippen LogP contribution in [-0.4, -0.2) is 16.8 Å². The second-order valence-electron chi connectivity index (χ2n) is 6.45. The Bertz CT molecular complexity index is 990. The van der Waals surface area contributed by atoms with Crippen LogP contribution in [0.25, 0.3) is 0 Å². The third-order valence-corrected chi connectivity index (χ3v) is 4.55. The summed E-state index contributed by atoms with van der Waals surface area (Å²) in [6.07, 6.45) is 1.49. The van der Waals surface area contributed by atoms with Crippen LogP contribution in [0.3, 0.4) is 0 Å². The van der Waals surface area contributed by atoms with Gasteiger partial charge < -0.3 is 25.8 Å². The molecule has 0 spiro atoms. The van der Waals surface area contributed by atoms with E-state index in [0.29, 0.717) is 23.9 Å². The Morgan fingerprint density at radius 1 is 0.963 bits per heavy atom. The molecule has 0 amide bonds. The molecule has 7 nitrogen and oxygen atoms in total. The zero-order valence-electron chi connectivity index (χ0n) is 15.2. The molecule has 0 bridgehead atoms. The van der Waals surface area contributed by atoms with Crippen molar-refractivity contribution < 1.29 is 9.47 Å². The molecule has 3 aromatic rings. The van der Waals surface area contributed by atoms with Crippen LogP contribution in [0.5, 0.6) is 11.5 Å². The van der Waals surface area contributed by atoms with E-state index >= 15 is 0 Å². The fourth-order valence-electron chi connectivity index (χ4n) is 2.83. The summed E-state index contributed by atoms with van der Waals surface area (Å²) in [6, 6.07) is 12.0. The third-order valence-electron chi connectivity index (χ3n) is 4.55. The van der Waals surface area contributed by atoms with Gasteiger partial charge in [0.2, 0.25) is 6.79 Å². The molecule has 27 heavy (non-hydrogen) atoms. The number of benzene rings is 2. The van der Waals surface area contributed by atoms with E-state index in [2.05, 4.69) is 46.6 Å². The van der Waals surface area contributed by atoms with E-state index in [9.17, 15) is 0 Å². The monoisotopic (exact) mass is 363 g/mol. The van der Waals surface area contributed by atoms with Gasteiger partial charge in [-0.1, -0.05) is 12.1 Å². The van der Waals surface area contributed by atoms with Crippen LogP contribution in [0, 0.1) is 13.8 Å². The maximum absolute atomic E-state index is 6.26. The highest BCUT2D eigenvalue weighted by Gasteiger charge is 2.14. The number of anilines is 4. The summed E-state index contributed by atoms with van der Waals surface area (Å²) in [5.41, 5.74) is 11.1. The summed E-state index contributed by atoms with van der Waals surface area (Å²) in [7, 11) is 0. The first kappa shape index (κ1) is 17.0. The maximum Gasteiger partial charge on any atom is 0.231 e. The lowest BCUT2D eigenvalue weighted by Gasteiger charge is -2.13. The van der Waals surface area contributed by atoms with Crippen LogP contribution in [0.1, 0.15) is 16.7 Å². The molecule has 4 N–H and O–H groups in total. The number of rotatable bonds is 5. The number of nitrogen functional groups attached to an aromatic ring is 1. The predicted octanol–water partition coefficient (Wildman–Crippen LogP) is 3.76. The average Bonchev–Trinajstić information content (AvgIpc) is 3.13. The molecule has 0 unspecified atom stereocenters. The van der Waals surface area contributed by atoms with Gasteiger partial charge in [-0.25, -0.2) is 9.97 Å². The van der Waals surface area contributed by atoms with Gasteiger partial charge in [0.1, 0.15) is 12.0 Å². The van der Waals surface area contributed by atoms with Crippen molar-refractivity contribution in [2.24, 2.45) is 0 Å². The van der Waals surface area contributed by atoms with Gasteiger partial charge in [-0.2, -0.15) is 0 Å². The molecule has 2 aromatic carbocycles. The molecule has 0 fully saturated rings. The Labute approximate surface area is 157 Å². The minimum Gasteiger partial charge on any atom is -0.454 e. The molecule has 4 rings (SSSR count). The Morgan fingerprint density at radius 2 is 1.78 bits per heavy atom. The van der Waals surface area contributed by atoms with Gasteiger partial charge in [-0.3, -0.25) is 0 Å². The number of hydrogen-bond donors (Lipinski definition) is 3. The molecule has 0 radical (unpaired) electrons. The largest absolute Gasteiger partial charge is 0.454 e. The molecule has 0 saturated carbocycles. The van der Waals surface area contributed by atoms with Crippen molar-refractivity contribution in [3.63, 3.8) is 0 Å². The fraction of sp³-hybridized carbons (Fsp3) is 0.200. The first-order valence-electron chi connectivity index (χ1n) is 8.67. The van der Waals surface area contributed by atoms with Crippen molar-refractivity contribution in [3.8, 4) is 11.5 Å². The van der Waals surface area contributed by atoms with Gasteiger partial charge >= 0.3 is 0 Å². The highest BCUT2D eigenvalue weighted by Crippen LogP contribution is 2.33. The molecule has 7 heteroatoms. The Hall–Kier alpha value is -3.48. The lowest BCUT2D eigenvalue weighted by molar-refractivity contribution is 0.174. The lowest BCUT2D eigenvalue weighted by atomic mass is 10.1. The van der Waals surface area contributed by atoms with E-state index in [0.717, 1.165) is 22.7 Å². The first-order valence-corrected chi connectivity index (χ1v) is 8.67. The van der Waals surface area contributed by atoms with E-state index in [1.807, 2.05) is 24.3 Å². The van der Waals surface area contributed by atoms with Gasteiger partial charge in [0.15, 0.2) is 23.1 Å². The lowest BCUT2D eigenvalue weighted by Crippen LogP contribution is -2.08. The van der Waals surface area contributed by atoms with Crippen molar-refractivity contribution >= 4 is 23.0 Å². The average molecular weight is 363 g/mol. The van der Waals surface area contributed by atoms with Crippen LogP contribution in [0.4, 0.5) is 23.0 Å². The van der Waals surface area contributed by atoms with E-state index in [1.165, 1.54) is 17.5 Å². The number of fused-ring (bicyclic) bond motifs is 1. The second kappa shape index (κ2) is 7.03. The first-order chi connectivity index (χ1) is 13.1. The molecule has 1 aromatic heterocycles. The summed E-state index contributed by atoms with van der Waals surface area (Å²) in [5.74, 6) is 2.66. The van der Waals surface area contributed by atoms with E-state index in [1.54, 1.807) is 0 Å². The SMILES string of the molecule is Cc1ccc(Nc2ncnc(NCc3ccc4c(c3)OCO4)c2N)cc1C. The van der Waals surface area contributed by atoms with E-state index in [4.69, 9.17) is 15.2 Å². The number of nitrogens with zero attached hydrogens (tertiary/aromatic N) is 2. The topological polar surface area (TPSA) is 94.3 Å². The molecular weight excluding hydrogens is 342 g/mol. The number of aromatic nitrogens is 2. The standard InChI is InChI=1S/C20H21N5O2/c1-12-3-5-15(7-13(12)2)25-20-18(21)19(23-10-24-20)22-9-14-4-6-16-17(8-14)27-11-26-16/h3-8,10H,9,11,21H2,1-2H3,(H2,22,23,24,25). The van der Waals surface area contributed by atoms with Crippen molar-refractivity contribution in [2.45, 2.75) is 20.4 Å². The zero-order chi connectivity index (χ0) is 18.8.